The van der Waals surface area contributed by atoms with Crippen LogP contribution in [-0.4, -0.2) is 33.0 Å². The predicted octanol–water partition coefficient (Wildman–Crippen LogP) is 5.99. The summed E-state index contributed by atoms with van der Waals surface area (Å²) in [5, 5.41) is -3.04. The lowest BCUT2D eigenvalue weighted by Gasteiger charge is -2.60. The fraction of sp³-hybridized carbons (Fsp3) is 0.857. The minimum atomic E-state index is -3.97. The molecule has 160 valence electrons. The molecule has 6 fully saturated rings. The highest BCUT2D eigenvalue weighted by molar-refractivity contribution is 7.52. The second-order valence-electron chi connectivity index (χ2n) is 7.25. The first kappa shape index (κ1) is 22.3. The molecule has 0 radical (unpaired) electrons. The summed E-state index contributed by atoms with van der Waals surface area (Å²) in [6.45, 7) is 5.39. The van der Waals surface area contributed by atoms with Crippen LogP contribution < -0.4 is 0 Å². The fourth-order valence-corrected chi connectivity index (χ4v) is 8.09. The first-order valence-electron chi connectivity index (χ1n) is 8.55. The van der Waals surface area contributed by atoms with Gasteiger partial charge in [0.25, 0.3) is 10.8 Å². The van der Waals surface area contributed by atoms with Gasteiger partial charge >= 0.3 is 21.6 Å². The van der Waals surface area contributed by atoms with Gasteiger partial charge in [-0.2, -0.15) is 0 Å². The van der Waals surface area contributed by atoms with E-state index >= 15 is 0 Å². The summed E-state index contributed by atoms with van der Waals surface area (Å²) >= 11 is 25.4. The van der Waals surface area contributed by atoms with Crippen molar-refractivity contribution >= 4 is 62.0 Å². The van der Waals surface area contributed by atoms with E-state index in [-0.39, 0.29) is 22.6 Å². The molecule has 8 nitrogen and oxygen atoms in total. The summed E-state index contributed by atoms with van der Waals surface area (Å²) in [5.74, 6) is -3.94. The summed E-state index contributed by atoms with van der Waals surface area (Å²) in [4.78, 5) is 0. The van der Waals surface area contributed by atoms with Crippen LogP contribution >= 0.6 is 62.0 Å². The van der Waals surface area contributed by atoms with Gasteiger partial charge in [-0.05, 0) is 45.6 Å². The molecule has 28 heavy (non-hydrogen) atoms. The summed E-state index contributed by atoms with van der Waals surface area (Å²) in [5.41, 5.74) is 1.23. The number of allylic oxidation sites excluding steroid dienone is 1. The lowest BCUT2D eigenvalue weighted by atomic mass is 9.86. The van der Waals surface area contributed by atoms with Crippen molar-refractivity contribution in [1.82, 2.24) is 0 Å². The maximum Gasteiger partial charge on any atom is 0.488 e. The van der Waals surface area contributed by atoms with Crippen LogP contribution in [0.15, 0.2) is 11.1 Å². The quantitative estimate of drug-likeness (QED) is 0.220. The van der Waals surface area contributed by atoms with Crippen molar-refractivity contribution in [2.45, 2.75) is 73.0 Å². The van der Waals surface area contributed by atoms with E-state index in [0.29, 0.717) is 18.4 Å². The van der Waals surface area contributed by atoms with Gasteiger partial charge in [0.15, 0.2) is 0 Å². The molecule has 0 amide bonds. The molecule has 0 aromatic rings. The topological polar surface area (TPSA) is 89.5 Å². The van der Waals surface area contributed by atoms with Crippen LogP contribution in [0.3, 0.4) is 0 Å². The second-order valence-corrected chi connectivity index (χ2v) is 12.9. The average molecular weight is 518 g/mol. The normalized spacial score (nSPS) is 48.7. The number of halogens is 4. The smallest absolute Gasteiger partial charge is 0.248 e. The summed E-state index contributed by atoms with van der Waals surface area (Å²) in [6, 6.07) is 0. The molecule has 6 aliphatic rings. The molecule has 6 aliphatic heterocycles. The molecule has 0 aromatic carbocycles. The van der Waals surface area contributed by atoms with Gasteiger partial charge in [0.1, 0.15) is 0 Å². The number of phosphoric ester groups is 2. The highest BCUT2D eigenvalue weighted by atomic mass is 35.5. The number of rotatable bonds is 8. The predicted molar refractivity (Wildman–Crippen MR) is 103 cm³/mol. The van der Waals surface area contributed by atoms with E-state index in [1.165, 1.54) is 0 Å². The molecule has 0 N–H and O–H groups in total. The Morgan fingerprint density at radius 1 is 0.786 bits per heavy atom. The summed E-state index contributed by atoms with van der Waals surface area (Å²) < 4.78 is 56.1. The zero-order chi connectivity index (χ0) is 20.8. The second kappa shape index (κ2) is 6.81. The number of alkyl halides is 4. The SMILES string of the molecule is CC(Cl)CC(CC(C)Cl)=C(CC(C)Cl)C12OP(=O)(O1)OC2(Cl)C12OP(=O)(O1)O2. The highest BCUT2D eigenvalue weighted by Crippen LogP contribution is 2.92. The summed E-state index contributed by atoms with van der Waals surface area (Å²) in [6.07, 6.45) is 1.06. The standard InChI is InChI=1S/C14H18Cl4O8P2/c1-7(15)4-10(5-8(2)16)11(6-9(3)17)12-13(18,23-27(19,21-12)22-12)14-24-28(20,25-14)26-14/h7-9H,4-6H2,1-3H3. The Morgan fingerprint density at radius 3 is 1.61 bits per heavy atom. The van der Waals surface area contributed by atoms with Crippen molar-refractivity contribution in [3.8, 4) is 0 Å². The van der Waals surface area contributed by atoms with Crippen molar-refractivity contribution in [2.75, 3.05) is 0 Å². The molecule has 4 atom stereocenters. The molecule has 14 heteroatoms. The van der Waals surface area contributed by atoms with Crippen LogP contribution in [0.4, 0.5) is 0 Å². The zero-order valence-corrected chi connectivity index (χ0v) is 19.8. The monoisotopic (exact) mass is 516 g/mol. The van der Waals surface area contributed by atoms with Crippen LogP contribution in [0.25, 0.3) is 0 Å². The lowest BCUT2D eigenvalue weighted by Crippen LogP contribution is -2.75. The third kappa shape index (κ3) is 3.11. The van der Waals surface area contributed by atoms with Gasteiger partial charge in [-0.15, -0.1) is 34.8 Å². The first-order chi connectivity index (χ1) is 12.8. The number of phosphoric acid groups is 2. The number of hydrogen-bond acceptors (Lipinski definition) is 8. The molecular formula is C14H18Cl4O8P2. The lowest BCUT2D eigenvalue weighted by molar-refractivity contribution is -0.475. The summed E-state index contributed by atoms with van der Waals surface area (Å²) in [7, 11) is -7.59. The van der Waals surface area contributed by atoms with Gasteiger partial charge in [0.05, 0.1) is 0 Å². The number of hydrogen-bond donors (Lipinski definition) is 0. The van der Waals surface area contributed by atoms with Crippen molar-refractivity contribution < 1.29 is 36.3 Å². The Balaban J connectivity index is 1.81. The maximum absolute atomic E-state index is 12.5. The fourth-order valence-electron chi connectivity index (χ4n) is 3.69. The number of fused-ring (bicyclic) bond motifs is 1. The van der Waals surface area contributed by atoms with Gasteiger partial charge in [-0.25, -0.2) is 36.3 Å². The van der Waals surface area contributed by atoms with Crippen LogP contribution in [-0.2, 0) is 36.3 Å². The van der Waals surface area contributed by atoms with Gasteiger partial charge in [-0.3, -0.25) is 0 Å². The Labute approximate surface area is 182 Å². The minimum Gasteiger partial charge on any atom is -0.248 e. The van der Waals surface area contributed by atoms with Crippen LogP contribution in [0, 0.1) is 0 Å². The third-order valence-electron chi connectivity index (χ3n) is 4.60. The maximum atomic E-state index is 12.5. The molecule has 0 spiro atoms. The Bertz CT molecular complexity index is 782. The van der Waals surface area contributed by atoms with Gasteiger partial charge < -0.3 is 0 Å². The van der Waals surface area contributed by atoms with Crippen molar-refractivity contribution in [3.05, 3.63) is 11.1 Å². The molecule has 0 saturated carbocycles. The van der Waals surface area contributed by atoms with E-state index in [1.54, 1.807) is 6.92 Å². The van der Waals surface area contributed by atoms with E-state index in [0.717, 1.165) is 5.57 Å². The van der Waals surface area contributed by atoms with Gasteiger partial charge in [0.2, 0.25) is 0 Å². The average Bonchev–Trinajstić information content (AvgIpc) is 2.80. The van der Waals surface area contributed by atoms with E-state index in [2.05, 4.69) is 0 Å². The minimum absolute atomic E-state index is 0.232. The Hall–Kier alpha value is 1.12. The molecule has 0 aliphatic carbocycles. The van der Waals surface area contributed by atoms with E-state index in [9.17, 15) is 9.13 Å². The van der Waals surface area contributed by atoms with Crippen molar-refractivity contribution in [1.29, 1.82) is 0 Å². The Morgan fingerprint density at radius 2 is 1.21 bits per heavy atom. The molecular weight excluding hydrogens is 500 g/mol. The third-order valence-corrected chi connectivity index (χ3v) is 8.57. The van der Waals surface area contributed by atoms with E-state index < -0.39 is 32.5 Å². The van der Waals surface area contributed by atoms with Crippen molar-refractivity contribution in [3.63, 3.8) is 0 Å². The zero-order valence-electron chi connectivity index (χ0n) is 15.0. The van der Waals surface area contributed by atoms with Crippen molar-refractivity contribution in [2.24, 2.45) is 0 Å². The van der Waals surface area contributed by atoms with E-state index in [4.69, 9.17) is 73.5 Å². The molecule has 6 rings (SSSR count). The Kier molecular flexibility index (Phi) is 5.43. The largest absolute Gasteiger partial charge is 0.488 e. The molecule has 6 heterocycles. The van der Waals surface area contributed by atoms with Crippen LogP contribution in [0.2, 0.25) is 0 Å². The van der Waals surface area contributed by atoms with Gasteiger partial charge in [-0.1, -0.05) is 17.2 Å². The molecule has 4 bridgehead atoms. The van der Waals surface area contributed by atoms with Crippen LogP contribution in [0.1, 0.15) is 40.0 Å². The highest BCUT2D eigenvalue weighted by Gasteiger charge is 2.97. The molecule has 6 saturated heterocycles. The molecule has 4 unspecified atom stereocenters. The van der Waals surface area contributed by atoms with E-state index in [1.807, 2.05) is 13.8 Å². The van der Waals surface area contributed by atoms with Gasteiger partial charge in [0, 0.05) is 16.1 Å². The first-order valence-corrected chi connectivity index (χ1v) is 13.2. The molecule has 0 aromatic heterocycles. The van der Waals surface area contributed by atoms with Crippen LogP contribution in [0.5, 0.6) is 0 Å².